The lowest BCUT2D eigenvalue weighted by Gasteiger charge is -2.06. The van der Waals surface area contributed by atoms with Crippen LogP contribution < -0.4 is 5.73 Å². The Balaban J connectivity index is 2.15. The molecule has 1 aromatic rings. The lowest BCUT2D eigenvalue weighted by Crippen LogP contribution is -2.10. The van der Waals surface area contributed by atoms with Gasteiger partial charge in [-0.2, -0.15) is 5.10 Å². The van der Waals surface area contributed by atoms with Gasteiger partial charge < -0.3 is 5.73 Å². The Morgan fingerprint density at radius 1 is 1.55 bits per heavy atom. The van der Waals surface area contributed by atoms with Gasteiger partial charge in [0.25, 0.3) is 0 Å². The molecule has 11 heavy (non-hydrogen) atoms. The molecule has 4 nitrogen and oxygen atoms in total. The van der Waals surface area contributed by atoms with E-state index in [2.05, 4.69) is 10.1 Å². The summed E-state index contributed by atoms with van der Waals surface area (Å²) in [6, 6.07) is 1.89. The highest BCUT2D eigenvalue weighted by Crippen LogP contribution is 2.28. The Morgan fingerprint density at radius 3 is 3.00 bits per heavy atom. The molecule has 58 valence electrons. The van der Waals surface area contributed by atoms with E-state index in [0.717, 1.165) is 0 Å². The molecule has 0 amide bonds. The van der Waals surface area contributed by atoms with Gasteiger partial charge in [-0.3, -0.25) is 9.67 Å². The van der Waals surface area contributed by atoms with E-state index in [1.54, 1.807) is 18.0 Å². The molecular weight excluding hydrogens is 160 g/mol. The van der Waals surface area contributed by atoms with Crippen molar-refractivity contribution in [3.63, 3.8) is 0 Å². The molecule has 1 aromatic heterocycles. The third-order valence-electron chi connectivity index (χ3n) is 1.42. The summed E-state index contributed by atoms with van der Waals surface area (Å²) in [4.78, 5) is 4.03. The van der Waals surface area contributed by atoms with Crippen molar-refractivity contribution >= 4 is 18.0 Å². The molecule has 5 heteroatoms. The van der Waals surface area contributed by atoms with Crippen molar-refractivity contribution in [1.82, 2.24) is 9.78 Å². The summed E-state index contributed by atoms with van der Waals surface area (Å²) in [7, 11) is 0. The van der Waals surface area contributed by atoms with Gasteiger partial charge in [0.15, 0.2) is 0 Å². The molecule has 1 aliphatic rings. The average molecular weight is 168 g/mol. The van der Waals surface area contributed by atoms with Gasteiger partial charge in [-0.1, -0.05) is 11.8 Å². The van der Waals surface area contributed by atoms with E-state index < -0.39 is 0 Å². The van der Waals surface area contributed by atoms with E-state index in [-0.39, 0.29) is 10.9 Å². The Kier molecular flexibility index (Phi) is 1.67. The maximum absolute atomic E-state index is 5.56. The zero-order valence-corrected chi connectivity index (χ0v) is 6.61. The molecule has 0 saturated heterocycles. The van der Waals surface area contributed by atoms with Crippen LogP contribution in [0.25, 0.3) is 0 Å². The van der Waals surface area contributed by atoms with Crippen LogP contribution in [0.5, 0.6) is 0 Å². The number of hydrogen-bond acceptors (Lipinski definition) is 4. The van der Waals surface area contributed by atoms with Crippen molar-refractivity contribution < 1.29 is 0 Å². The van der Waals surface area contributed by atoms with Crippen LogP contribution in [-0.4, -0.2) is 21.5 Å². The van der Waals surface area contributed by atoms with E-state index in [9.17, 15) is 0 Å². The van der Waals surface area contributed by atoms with Crippen LogP contribution >= 0.6 is 11.8 Å². The van der Waals surface area contributed by atoms with Crippen molar-refractivity contribution in [2.24, 2.45) is 10.7 Å². The molecular formula is C6H8N4S. The summed E-state index contributed by atoms with van der Waals surface area (Å²) in [5.41, 5.74) is 5.43. The van der Waals surface area contributed by atoms with Crippen molar-refractivity contribution in [2.75, 3.05) is 0 Å². The number of aromatic nitrogens is 2. The molecule has 0 radical (unpaired) electrons. The van der Waals surface area contributed by atoms with Gasteiger partial charge in [0.2, 0.25) is 0 Å². The second-order valence-corrected chi connectivity index (χ2v) is 3.44. The van der Waals surface area contributed by atoms with Gasteiger partial charge in [0.1, 0.15) is 10.9 Å². The van der Waals surface area contributed by atoms with E-state index in [1.807, 2.05) is 23.2 Å². The Hall–Kier alpha value is -0.810. The lowest BCUT2D eigenvalue weighted by molar-refractivity contribution is 0.720. The van der Waals surface area contributed by atoms with Crippen LogP contribution in [0.3, 0.4) is 0 Å². The number of aliphatic imine (C=N–C) groups is 1. The minimum Gasteiger partial charge on any atom is -0.301 e. The van der Waals surface area contributed by atoms with Crippen molar-refractivity contribution in [2.45, 2.75) is 10.9 Å². The zero-order chi connectivity index (χ0) is 7.68. The summed E-state index contributed by atoms with van der Waals surface area (Å²) in [5.74, 6) is 0. The fourth-order valence-corrected chi connectivity index (χ4v) is 1.75. The van der Waals surface area contributed by atoms with E-state index in [4.69, 9.17) is 5.73 Å². The average Bonchev–Trinajstić information content (AvgIpc) is 2.55. The predicted octanol–water partition coefficient (Wildman–Crippen LogP) is 0.442. The standard InChI is InChI=1S/C6H8N4S/c7-6-8-4-5(11-6)10-3-1-2-9-10/h1-6H,7H2. The maximum Gasteiger partial charge on any atom is 0.146 e. The Labute approximate surface area is 68.5 Å². The maximum atomic E-state index is 5.56. The van der Waals surface area contributed by atoms with Crippen LogP contribution in [0.15, 0.2) is 23.5 Å². The number of nitrogens with zero attached hydrogens (tertiary/aromatic N) is 3. The van der Waals surface area contributed by atoms with Crippen LogP contribution in [0.1, 0.15) is 5.37 Å². The normalized spacial score (nSPS) is 29.5. The summed E-state index contributed by atoms with van der Waals surface area (Å²) in [6.07, 6.45) is 5.47. The largest absolute Gasteiger partial charge is 0.301 e. The second kappa shape index (κ2) is 2.67. The minimum absolute atomic E-state index is 0.121. The smallest absolute Gasteiger partial charge is 0.146 e. The second-order valence-electron chi connectivity index (χ2n) is 2.20. The first kappa shape index (κ1) is 6.87. The molecule has 0 fully saturated rings. The van der Waals surface area contributed by atoms with E-state index in [1.165, 1.54) is 0 Å². The SMILES string of the molecule is NC1N=CC(n2cccn2)S1. The molecule has 2 atom stereocenters. The summed E-state index contributed by atoms with van der Waals surface area (Å²) >= 11 is 1.58. The highest BCUT2D eigenvalue weighted by molar-refractivity contribution is 8.00. The van der Waals surface area contributed by atoms with Crippen molar-refractivity contribution in [3.05, 3.63) is 18.5 Å². The van der Waals surface area contributed by atoms with Gasteiger partial charge in [0, 0.05) is 18.6 Å². The van der Waals surface area contributed by atoms with Gasteiger partial charge in [0.05, 0.1) is 0 Å². The van der Waals surface area contributed by atoms with Gasteiger partial charge in [-0.15, -0.1) is 0 Å². The first-order valence-corrected chi connectivity index (χ1v) is 4.24. The minimum atomic E-state index is -0.121. The predicted molar refractivity (Wildman–Crippen MR) is 45.3 cm³/mol. The highest BCUT2D eigenvalue weighted by Gasteiger charge is 2.18. The molecule has 2 heterocycles. The summed E-state index contributed by atoms with van der Waals surface area (Å²) in [5, 5.41) is 4.26. The molecule has 2 N–H and O–H groups in total. The first-order valence-electron chi connectivity index (χ1n) is 3.30. The van der Waals surface area contributed by atoms with Crippen molar-refractivity contribution in [1.29, 1.82) is 0 Å². The Morgan fingerprint density at radius 2 is 2.45 bits per heavy atom. The fraction of sp³-hybridized carbons (Fsp3) is 0.333. The quantitative estimate of drug-likeness (QED) is 0.662. The van der Waals surface area contributed by atoms with Crippen LogP contribution in [0.2, 0.25) is 0 Å². The fourth-order valence-electron chi connectivity index (χ4n) is 0.933. The summed E-state index contributed by atoms with van der Waals surface area (Å²) < 4.78 is 1.83. The lowest BCUT2D eigenvalue weighted by atomic mass is 10.7. The zero-order valence-electron chi connectivity index (χ0n) is 5.79. The molecule has 1 aliphatic heterocycles. The van der Waals surface area contributed by atoms with Crippen molar-refractivity contribution in [3.8, 4) is 0 Å². The molecule has 0 saturated carbocycles. The summed E-state index contributed by atoms with van der Waals surface area (Å²) in [6.45, 7) is 0. The Bertz CT molecular complexity index is 256. The number of thioether (sulfide) groups is 1. The van der Waals surface area contributed by atoms with Gasteiger partial charge in [-0.25, -0.2) is 0 Å². The molecule has 0 bridgehead atoms. The topological polar surface area (TPSA) is 56.2 Å². The molecule has 0 spiro atoms. The van der Waals surface area contributed by atoms with Crippen LogP contribution in [0, 0.1) is 0 Å². The van der Waals surface area contributed by atoms with Crippen LogP contribution in [-0.2, 0) is 0 Å². The van der Waals surface area contributed by atoms with E-state index in [0.29, 0.717) is 0 Å². The molecule has 0 aromatic carbocycles. The third-order valence-corrected chi connectivity index (χ3v) is 2.44. The highest BCUT2D eigenvalue weighted by atomic mass is 32.2. The molecule has 0 aliphatic carbocycles. The van der Waals surface area contributed by atoms with Gasteiger partial charge in [-0.05, 0) is 6.07 Å². The molecule has 2 unspecified atom stereocenters. The number of hydrogen-bond donors (Lipinski definition) is 1. The van der Waals surface area contributed by atoms with Gasteiger partial charge >= 0.3 is 0 Å². The third kappa shape index (κ3) is 1.29. The van der Waals surface area contributed by atoms with E-state index >= 15 is 0 Å². The monoisotopic (exact) mass is 168 g/mol. The number of rotatable bonds is 1. The number of nitrogens with two attached hydrogens (primary N) is 1. The molecule has 2 rings (SSSR count). The van der Waals surface area contributed by atoms with Crippen LogP contribution in [0.4, 0.5) is 0 Å². The first-order chi connectivity index (χ1) is 5.36.